The summed E-state index contributed by atoms with van der Waals surface area (Å²) in [5.74, 6) is -0.782. The molecule has 0 fully saturated rings. The molecule has 0 aliphatic heterocycles. The second-order valence-corrected chi connectivity index (χ2v) is 5.29. The molecule has 3 aromatic rings. The Labute approximate surface area is 138 Å². The molecule has 2 aromatic carbocycles. The maximum Gasteiger partial charge on any atom is 0.289 e. The number of carbonyl (C=O) groups is 1. The van der Waals surface area contributed by atoms with Crippen LogP contribution in [0.25, 0.3) is 11.3 Å². The lowest BCUT2D eigenvalue weighted by molar-refractivity contribution is 0.0950. The molecule has 6 heteroatoms. The molecule has 0 bridgehead atoms. The molecule has 0 unspecified atom stereocenters. The van der Waals surface area contributed by atoms with Crippen LogP contribution in [0.3, 0.4) is 0 Å². The molecule has 0 spiro atoms. The molecule has 0 aliphatic rings. The largest absolute Gasteiger partial charge is 0.289 e. The number of aromatic nitrogens is 2. The quantitative estimate of drug-likeness (QED) is 0.571. The number of aromatic amines is 1. The highest BCUT2D eigenvalue weighted by molar-refractivity contribution is 5.94. The van der Waals surface area contributed by atoms with E-state index >= 15 is 0 Å². The van der Waals surface area contributed by atoms with E-state index in [9.17, 15) is 9.18 Å². The normalized spacial score (nSPS) is 10.9. The topological polar surface area (TPSA) is 70.1 Å². The second-order valence-electron chi connectivity index (χ2n) is 5.29. The molecule has 1 aromatic heterocycles. The van der Waals surface area contributed by atoms with E-state index in [2.05, 4.69) is 20.7 Å². The summed E-state index contributed by atoms with van der Waals surface area (Å²) in [7, 11) is 0. The molecule has 0 saturated carbocycles. The van der Waals surface area contributed by atoms with Gasteiger partial charge in [-0.15, -0.1) is 0 Å². The van der Waals surface area contributed by atoms with E-state index in [0.29, 0.717) is 17.0 Å². The Bertz CT molecular complexity index is 884. The standard InChI is InChI=1S/C18H15FN4O/c1-12-5-7-14(8-6-12)16-10-17(22-21-16)18(24)23-20-11-13-3-2-4-15(19)9-13/h2-11H,1H3,(H,21,22)(H,23,24)/b20-11+. The minimum absolute atomic E-state index is 0.293. The smallest absolute Gasteiger partial charge is 0.272 e. The first-order chi connectivity index (χ1) is 11.6. The number of rotatable bonds is 4. The monoisotopic (exact) mass is 322 g/mol. The van der Waals surface area contributed by atoms with Crippen LogP contribution in [0.1, 0.15) is 21.6 Å². The molecule has 0 radical (unpaired) electrons. The molecule has 2 N–H and O–H groups in total. The first kappa shape index (κ1) is 15.6. The van der Waals surface area contributed by atoms with Gasteiger partial charge in [-0.2, -0.15) is 10.2 Å². The zero-order valence-electron chi connectivity index (χ0n) is 13.0. The molecule has 5 nitrogen and oxygen atoms in total. The Morgan fingerprint density at radius 3 is 2.75 bits per heavy atom. The fourth-order valence-corrected chi connectivity index (χ4v) is 2.12. The maximum atomic E-state index is 13.0. The Morgan fingerprint density at radius 1 is 1.21 bits per heavy atom. The third kappa shape index (κ3) is 3.73. The van der Waals surface area contributed by atoms with Gasteiger partial charge in [-0.05, 0) is 30.7 Å². The average Bonchev–Trinajstić information content (AvgIpc) is 3.05. The minimum Gasteiger partial charge on any atom is -0.272 e. The zero-order valence-corrected chi connectivity index (χ0v) is 13.0. The van der Waals surface area contributed by atoms with Gasteiger partial charge in [0.15, 0.2) is 0 Å². The van der Waals surface area contributed by atoms with E-state index < -0.39 is 5.91 Å². The van der Waals surface area contributed by atoms with Gasteiger partial charge in [-0.25, -0.2) is 9.82 Å². The highest BCUT2D eigenvalue weighted by atomic mass is 19.1. The van der Waals surface area contributed by atoms with E-state index in [0.717, 1.165) is 11.1 Å². The number of hydrazone groups is 1. The number of halogens is 1. The van der Waals surface area contributed by atoms with Crippen molar-refractivity contribution in [1.82, 2.24) is 15.6 Å². The number of hydrogen-bond donors (Lipinski definition) is 2. The van der Waals surface area contributed by atoms with Crippen molar-refractivity contribution in [3.63, 3.8) is 0 Å². The number of aryl methyl sites for hydroxylation is 1. The van der Waals surface area contributed by atoms with Crippen LogP contribution >= 0.6 is 0 Å². The SMILES string of the molecule is Cc1ccc(-c2cc(C(=O)N/N=C/c3cccc(F)c3)[nH]n2)cc1. The van der Waals surface area contributed by atoms with Crippen molar-refractivity contribution in [2.75, 3.05) is 0 Å². The number of nitrogens with zero attached hydrogens (tertiary/aromatic N) is 2. The third-order valence-electron chi connectivity index (χ3n) is 3.40. The van der Waals surface area contributed by atoms with Crippen molar-refractivity contribution in [3.8, 4) is 11.3 Å². The molecular formula is C18H15FN4O. The van der Waals surface area contributed by atoms with Gasteiger partial charge in [0, 0.05) is 5.56 Å². The highest BCUT2D eigenvalue weighted by Crippen LogP contribution is 2.18. The molecular weight excluding hydrogens is 307 g/mol. The van der Waals surface area contributed by atoms with E-state index in [-0.39, 0.29) is 5.82 Å². The minimum atomic E-state index is -0.423. The van der Waals surface area contributed by atoms with Crippen molar-refractivity contribution in [3.05, 3.63) is 77.2 Å². The Morgan fingerprint density at radius 2 is 2.00 bits per heavy atom. The number of amides is 1. The summed E-state index contributed by atoms with van der Waals surface area (Å²) < 4.78 is 13.0. The van der Waals surface area contributed by atoms with Gasteiger partial charge in [0.25, 0.3) is 5.91 Å². The summed E-state index contributed by atoms with van der Waals surface area (Å²) in [5, 5.41) is 10.6. The van der Waals surface area contributed by atoms with Crippen LogP contribution in [-0.2, 0) is 0 Å². The summed E-state index contributed by atoms with van der Waals surface area (Å²) in [6.07, 6.45) is 1.37. The fraction of sp³-hybridized carbons (Fsp3) is 0.0556. The predicted molar refractivity (Wildman–Crippen MR) is 90.2 cm³/mol. The van der Waals surface area contributed by atoms with Crippen molar-refractivity contribution >= 4 is 12.1 Å². The lowest BCUT2D eigenvalue weighted by atomic mass is 10.1. The maximum absolute atomic E-state index is 13.0. The van der Waals surface area contributed by atoms with Crippen LogP contribution in [0.2, 0.25) is 0 Å². The predicted octanol–water partition coefficient (Wildman–Crippen LogP) is 3.29. The molecule has 1 amide bonds. The molecule has 120 valence electrons. The van der Waals surface area contributed by atoms with Gasteiger partial charge in [0.05, 0.1) is 11.9 Å². The van der Waals surface area contributed by atoms with Gasteiger partial charge < -0.3 is 0 Å². The summed E-state index contributed by atoms with van der Waals surface area (Å²) in [6.45, 7) is 2.00. The molecule has 3 rings (SSSR count). The van der Waals surface area contributed by atoms with Gasteiger partial charge in [0.2, 0.25) is 0 Å². The van der Waals surface area contributed by atoms with E-state index in [1.807, 2.05) is 31.2 Å². The van der Waals surface area contributed by atoms with Crippen LogP contribution in [0.5, 0.6) is 0 Å². The first-order valence-electron chi connectivity index (χ1n) is 7.33. The Kier molecular flexibility index (Phi) is 4.47. The summed E-state index contributed by atoms with van der Waals surface area (Å²) in [5.41, 5.74) is 5.97. The number of carbonyl (C=O) groups excluding carboxylic acids is 1. The average molecular weight is 322 g/mol. The lowest BCUT2D eigenvalue weighted by Gasteiger charge is -1.97. The van der Waals surface area contributed by atoms with Crippen molar-refractivity contribution in [1.29, 1.82) is 0 Å². The number of benzene rings is 2. The van der Waals surface area contributed by atoms with Crippen LogP contribution in [0.4, 0.5) is 4.39 Å². The third-order valence-corrected chi connectivity index (χ3v) is 3.40. The summed E-state index contributed by atoms with van der Waals surface area (Å²) in [6, 6.07) is 15.4. The van der Waals surface area contributed by atoms with Crippen molar-refractivity contribution in [2.24, 2.45) is 5.10 Å². The summed E-state index contributed by atoms with van der Waals surface area (Å²) >= 11 is 0. The van der Waals surface area contributed by atoms with E-state index in [1.54, 1.807) is 18.2 Å². The van der Waals surface area contributed by atoms with Crippen LogP contribution in [-0.4, -0.2) is 22.3 Å². The lowest BCUT2D eigenvalue weighted by Crippen LogP contribution is -2.18. The first-order valence-corrected chi connectivity index (χ1v) is 7.33. The van der Waals surface area contributed by atoms with Crippen LogP contribution < -0.4 is 5.43 Å². The Balaban J connectivity index is 1.66. The second kappa shape index (κ2) is 6.87. The summed E-state index contributed by atoms with van der Waals surface area (Å²) in [4.78, 5) is 12.0. The molecule has 0 saturated heterocycles. The van der Waals surface area contributed by atoms with Crippen LogP contribution in [0.15, 0.2) is 59.7 Å². The zero-order chi connectivity index (χ0) is 16.9. The van der Waals surface area contributed by atoms with Crippen molar-refractivity contribution < 1.29 is 9.18 Å². The fourth-order valence-electron chi connectivity index (χ4n) is 2.12. The number of nitrogens with one attached hydrogen (secondary N) is 2. The molecule has 1 heterocycles. The van der Waals surface area contributed by atoms with Gasteiger partial charge in [-0.1, -0.05) is 42.0 Å². The van der Waals surface area contributed by atoms with Crippen molar-refractivity contribution in [2.45, 2.75) is 6.92 Å². The molecule has 0 aliphatic carbocycles. The molecule has 24 heavy (non-hydrogen) atoms. The highest BCUT2D eigenvalue weighted by Gasteiger charge is 2.10. The number of H-pyrrole nitrogens is 1. The van der Waals surface area contributed by atoms with E-state index in [4.69, 9.17) is 0 Å². The number of hydrogen-bond acceptors (Lipinski definition) is 3. The van der Waals surface area contributed by atoms with Gasteiger partial charge in [-0.3, -0.25) is 9.89 Å². The van der Waals surface area contributed by atoms with Gasteiger partial charge >= 0.3 is 0 Å². The van der Waals surface area contributed by atoms with Crippen LogP contribution in [0, 0.1) is 12.7 Å². The van der Waals surface area contributed by atoms with Gasteiger partial charge in [0.1, 0.15) is 11.5 Å². The van der Waals surface area contributed by atoms with E-state index in [1.165, 1.54) is 18.3 Å². The molecule has 0 atom stereocenters. The Hall–Kier alpha value is -3.28.